The number of nitrogens with two attached hydrogens (primary N) is 1. The van der Waals surface area contributed by atoms with Crippen LogP contribution in [0.15, 0.2) is 24.3 Å². The molecule has 1 atom stereocenters. The second-order valence-corrected chi connectivity index (χ2v) is 6.05. The molecule has 1 aromatic heterocycles. The van der Waals surface area contributed by atoms with Crippen molar-refractivity contribution < 1.29 is 4.74 Å². The zero-order valence-corrected chi connectivity index (χ0v) is 13.0. The molecule has 21 heavy (non-hydrogen) atoms. The Bertz CT molecular complexity index is 614. The van der Waals surface area contributed by atoms with Gasteiger partial charge < -0.3 is 15.0 Å². The number of aromatic nitrogens is 2. The van der Waals surface area contributed by atoms with Crippen molar-refractivity contribution in [2.45, 2.75) is 57.2 Å². The molecule has 1 fully saturated rings. The molecule has 3 rings (SSSR count). The van der Waals surface area contributed by atoms with Gasteiger partial charge in [0.1, 0.15) is 5.82 Å². The Morgan fingerprint density at radius 3 is 2.71 bits per heavy atom. The van der Waals surface area contributed by atoms with Gasteiger partial charge in [-0.2, -0.15) is 0 Å². The Morgan fingerprint density at radius 1 is 1.33 bits per heavy atom. The molecule has 0 amide bonds. The van der Waals surface area contributed by atoms with Gasteiger partial charge in [0.25, 0.3) is 0 Å². The Balaban J connectivity index is 1.90. The van der Waals surface area contributed by atoms with Crippen LogP contribution in [-0.2, 0) is 17.7 Å². The number of rotatable bonds is 5. The molecule has 1 aliphatic rings. The Hall–Kier alpha value is -1.39. The molecule has 1 heterocycles. The fourth-order valence-electron chi connectivity index (χ4n) is 3.72. The highest BCUT2D eigenvalue weighted by Crippen LogP contribution is 2.36. The number of aryl methyl sites for hydroxylation is 1. The fourth-order valence-corrected chi connectivity index (χ4v) is 3.72. The molecule has 4 nitrogen and oxygen atoms in total. The summed E-state index contributed by atoms with van der Waals surface area (Å²) in [5.41, 5.74) is 8.62. The minimum absolute atomic E-state index is 0.00659. The van der Waals surface area contributed by atoms with Crippen molar-refractivity contribution in [3.05, 3.63) is 30.1 Å². The predicted octanol–water partition coefficient (Wildman–Crippen LogP) is 2.89. The number of benzene rings is 1. The number of hydrogen-bond donors (Lipinski definition) is 1. The van der Waals surface area contributed by atoms with Crippen LogP contribution in [-0.4, -0.2) is 28.3 Å². The highest BCUT2D eigenvalue weighted by Gasteiger charge is 2.40. The Labute approximate surface area is 126 Å². The lowest BCUT2D eigenvalue weighted by atomic mass is 9.90. The summed E-state index contributed by atoms with van der Waals surface area (Å²) in [7, 11) is 1.80. The summed E-state index contributed by atoms with van der Waals surface area (Å²) >= 11 is 0. The molecule has 0 saturated heterocycles. The molecule has 0 radical (unpaired) electrons. The van der Waals surface area contributed by atoms with E-state index < -0.39 is 0 Å². The van der Waals surface area contributed by atoms with Gasteiger partial charge in [-0.1, -0.05) is 25.0 Å². The molecule has 4 heteroatoms. The first-order valence-electron chi connectivity index (χ1n) is 7.95. The largest absolute Gasteiger partial charge is 0.377 e. The monoisotopic (exact) mass is 287 g/mol. The quantitative estimate of drug-likeness (QED) is 0.920. The normalized spacial score (nSPS) is 19.2. The van der Waals surface area contributed by atoms with Crippen LogP contribution < -0.4 is 5.73 Å². The van der Waals surface area contributed by atoms with Gasteiger partial charge in [-0.15, -0.1) is 0 Å². The number of nitrogens with zero attached hydrogens (tertiary/aromatic N) is 2. The molecule has 1 unspecified atom stereocenters. The van der Waals surface area contributed by atoms with Crippen LogP contribution in [0.4, 0.5) is 0 Å². The van der Waals surface area contributed by atoms with E-state index in [0.29, 0.717) is 0 Å². The second kappa shape index (κ2) is 5.78. The fraction of sp³-hybridized carbons (Fsp3) is 0.588. The molecule has 2 N–H and O–H groups in total. The van der Waals surface area contributed by atoms with Gasteiger partial charge in [-0.05, 0) is 31.9 Å². The lowest BCUT2D eigenvalue weighted by molar-refractivity contribution is -0.0259. The Morgan fingerprint density at radius 2 is 2.05 bits per heavy atom. The summed E-state index contributed by atoms with van der Waals surface area (Å²) in [5.74, 6) is 1.08. The van der Waals surface area contributed by atoms with Crippen LogP contribution in [0.2, 0.25) is 0 Å². The van der Waals surface area contributed by atoms with E-state index in [9.17, 15) is 0 Å². The molecule has 0 spiro atoms. The van der Waals surface area contributed by atoms with E-state index in [4.69, 9.17) is 15.5 Å². The van der Waals surface area contributed by atoms with Crippen LogP contribution in [0.25, 0.3) is 11.0 Å². The molecule has 1 saturated carbocycles. The third-order valence-corrected chi connectivity index (χ3v) is 4.98. The zero-order valence-electron chi connectivity index (χ0n) is 13.0. The average molecular weight is 287 g/mol. The lowest BCUT2D eigenvalue weighted by Crippen LogP contribution is -2.49. The Kier molecular flexibility index (Phi) is 4.00. The van der Waals surface area contributed by atoms with Crippen LogP contribution in [0.3, 0.4) is 0 Å². The number of fused-ring (bicyclic) bond motifs is 1. The average Bonchev–Trinajstić information content (AvgIpc) is 3.12. The maximum Gasteiger partial charge on any atom is 0.111 e. The SMILES string of the molecule is CCn1c(CC(N)C2(OC)CCCC2)nc2ccccc21. The first-order valence-corrected chi connectivity index (χ1v) is 7.95. The lowest BCUT2D eigenvalue weighted by Gasteiger charge is -2.33. The number of methoxy groups -OCH3 is 1. The van der Waals surface area contributed by atoms with Crippen molar-refractivity contribution in [1.29, 1.82) is 0 Å². The molecule has 114 valence electrons. The topological polar surface area (TPSA) is 53.1 Å². The van der Waals surface area contributed by atoms with Crippen molar-refractivity contribution >= 4 is 11.0 Å². The maximum atomic E-state index is 6.52. The van der Waals surface area contributed by atoms with Gasteiger partial charge in [0.15, 0.2) is 0 Å². The van der Waals surface area contributed by atoms with Crippen molar-refractivity contribution in [3.8, 4) is 0 Å². The highest BCUT2D eigenvalue weighted by molar-refractivity contribution is 5.75. The van der Waals surface area contributed by atoms with Crippen LogP contribution >= 0.6 is 0 Å². The van der Waals surface area contributed by atoms with Crippen LogP contribution in [0, 0.1) is 0 Å². The standard InChI is InChI=1S/C17H25N3O/c1-3-20-14-9-5-4-8-13(14)19-16(20)12-15(18)17(21-2)10-6-7-11-17/h4-5,8-9,15H,3,6-7,10-12,18H2,1-2H3. The van der Waals surface area contributed by atoms with Crippen molar-refractivity contribution in [2.75, 3.05) is 7.11 Å². The number of para-hydroxylation sites is 2. The minimum Gasteiger partial charge on any atom is -0.377 e. The molecule has 0 bridgehead atoms. The highest BCUT2D eigenvalue weighted by atomic mass is 16.5. The number of ether oxygens (including phenoxy) is 1. The summed E-state index contributed by atoms with van der Waals surface area (Å²) < 4.78 is 8.09. The third kappa shape index (κ3) is 2.47. The number of hydrogen-bond acceptors (Lipinski definition) is 3. The predicted molar refractivity (Wildman–Crippen MR) is 85.3 cm³/mol. The summed E-state index contributed by atoms with van der Waals surface area (Å²) in [6.07, 6.45) is 5.34. The van der Waals surface area contributed by atoms with E-state index in [1.54, 1.807) is 7.11 Å². The van der Waals surface area contributed by atoms with Gasteiger partial charge >= 0.3 is 0 Å². The van der Waals surface area contributed by atoms with Gasteiger partial charge in [-0.3, -0.25) is 0 Å². The maximum absolute atomic E-state index is 6.52. The van der Waals surface area contributed by atoms with E-state index in [1.807, 2.05) is 6.07 Å². The van der Waals surface area contributed by atoms with E-state index in [1.165, 1.54) is 18.4 Å². The van der Waals surface area contributed by atoms with Crippen LogP contribution in [0.1, 0.15) is 38.4 Å². The number of imidazole rings is 1. The third-order valence-electron chi connectivity index (χ3n) is 4.98. The smallest absolute Gasteiger partial charge is 0.111 e. The molecule has 2 aromatic rings. The van der Waals surface area contributed by atoms with Gasteiger partial charge in [0.2, 0.25) is 0 Å². The van der Waals surface area contributed by atoms with Gasteiger partial charge in [0.05, 0.1) is 16.6 Å². The van der Waals surface area contributed by atoms with E-state index in [-0.39, 0.29) is 11.6 Å². The van der Waals surface area contributed by atoms with Crippen molar-refractivity contribution in [2.24, 2.45) is 5.73 Å². The molecule has 1 aromatic carbocycles. The van der Waals surface area contributed by atoms with Gasteiger partial charge in [0, 0.05) is 26.1 Å². The van der Waals surface area contributed by atoms with Crippen molar-refractivity contribution in [3.63, 3.8) is 0 Å². The second-order valence-electron chi connectivity index (χ2n) is 6.05. The first-order chi connectivity index (χ1) is 10.2. The van der Waals surface area contributed by atoms with E-state index in [0.717, 1.165) is 37.1 Å². The molecular formula is C17H25N3O. The summed E-state index contributed by atoms with van der Waals surface area (Å²) in [6.45, 7) is 3.08. The van der Waals surface area contributed by atoms with Gasteiger partial charge in [-0.25, -0.2) is 4.98 Å². The summed E-state index contributed by atoms with van der Waals surface area (Å²) in [6, 6.07) is 8.30. The molecular weight excluding hydrogens is 262 g/mol. The minimum atomic E-state index is -0.156. The van der Waals surface area contributed by atoms with Crippen LogP contribution in [0.5, 0.6) is 0 Å². The first kappa shape index (κ1) is 14.5. The van der Waals surface area contributed by atoms with E-state index >= 15 is 0 Å². The van der Waals surface area contributed by atoms with Crippen molar-refractivity contribution in [1.82, 2.24) is 9.55 Å². The summed E-state index contributed by atoms with van der Waals surface area (Å²) in [5, 5.41) is 0. The zero-order chi connectivity index (χ0) is 14.9. The molecule has 1 aliphatic carbocycles. The molecule has 0 aliphatic heterocycles. The van der Waals surface area contributed by atoms with E-state index in [2.05, 4.69) is 29.7 Å². The summed E-state index contributed by atoms with van der Waals surface area (Å²) in [4.78, 5) is 4.79.